The summed E-state index contributed by atoms with van der Waals surface area (Å²) in [4.78, 5) is 2.75. The topological polar surface area (TPSA) is 34.0 Å². The van der Waals surface area contributed by atoms with Crippen LogP contribution in [0.1, 0.15) is 49.7 Å². The molecule has 3 aliphatic heterocycles. The van der Waals surface area contributed by atoms with Crippen LogP contribution in [0.25, 0.3) is 0 Å². The van der Waals surface area contributed by atoms with Crippen molar-refractivity contribution in [3.8, 4) is 0 Å². The van der Waals surface area contributed by atoms with E-state index < -0.39 is 0 Å². The third-order valence-corrected chi connectivity index (χ3v) is 8.03. The second-order valence-corrected chi connectivity index (χ2v) is 9.35. The minimum Gasteiger partial charge on any atom is -0.315 e. The monoisotopic (exact) mass is 352 g/mol. The van der Waals surface area contributed by atoms with E-state index in [9.17, 15) is 0 Å². The van der Waals surface area contributed by atoms with Crippen molar-refractivity contribution in [2.75, 3.05) is 36.1 Å². The highest BCUT2D eigenvalue weighted by atomic mass is 32.2. The molecule has 1 aromatic rings. The van der Waals surface area contributed by atoms with Crippen molar-refractivity contribution in [1.29, 1.82) is 0 Å². The fraction of sp³-hybridized carbons (Fsp3) is 0.882. The van der Waals surface area contributed by atoms with E-state index in [1.165, 1.54) is 79.9 Å². The number of piperidine rings is 1. The van der Waals surface area contributed by atoms with E-state index >= 15 is 0 Å². The van der Waals surface area contributed by atoms with Gasteiger partial charge in [0, 0.05) is 47.9 Å². The molecule has 4 nitrogen and oxygen atoms in total. The molecule has 128 valence electrons. The molecule has 2 saturated heterocycles. The minimum atomic E-state index is 0.636. The maximum absolute atomic E-state index is 4.60. The van der Waals surface area contributed by atoms with E-state index in [1.54, 1.807) is 0 Å². The molecule has 0 amide bonds. The SMILES string of the molecule is C1CCc2nnc(C3CCN(C4CSCCSC4)CC3)n2CC1. The molecule has 4 heterocycles. The van der Waals surface area contributed by atoms with Crippen LogP contribution in [0.5, 0.6) is 0 Å². The first-order chi connectivity index (χ1) is 11.4. The van der Waals surface area contributed by atoms with Crippen molar-refractivity contribution in [2.45, 2.75) is 57.0 Å². The number of nitrogens with zero attached hydrogens (tertiary/aromatic N) is 4. The van der Waals surface area contributed by atoms with Crippen LogP contribution in [0.3, 0.4) is 0 Å². The second kappa shape index (κ2) is 7.79. The standard InChI is InChI=1S/C17H28N4S2/c1-2-4-16-18-19-17(21(16)7-3-1)14-5-8-20(9-6-14)15-12-22-10-11-23-13-15/h14-15H,1-13H2. The normalized spacial score (nSPS) is 25.7. The molecule has 23 heavy (non-hydrogen) atoms. The predicted molar refractivity (Wildman–Crippen MR) is 99.6 cm³/mol. The van der Waals surface area contributed by atoms with E-state index in [1.807, 2.05) is 0 Å². The maximum Gasteiger partial charge on any atom is 0.136 e. The van der Waals surface area contributed by atoms with Gasteiger partial charge >= 0.3 is 0 Å². The Hall–Kier alpha value is -0.200. The van der Waals surface area contributed by atoms with Crippen molar-refractivity contribution in [3.63, 3.8) is 0 Å². The van der Waals surface area contributed by atoms with Crippen LogP contribution in [-0.2, 0) is 13.0 Å². The maximum atomic E-state index is 4.60. The van der Waals surface area contributed by atoms with E-state index in [0.717, 1.165) is 19.0 Å². The van der Waals surface area contributed by atoms with Gasteiger partial charge in [-0.05, 0) is 38.8 Å². The Balaban J connectivity index is 1.39. The summed E-state index contributed by atoms with van der Waals surface area (Å²) in [5, 5.41) is 9.11. The summed E-state index contributed by atoms with van der Waals surface area (Å²) in [5.74, 6) is 8.52. The first kappa shape index (κ1) is 16.3. The van der Waals surface area contributed by atoms with Crippen molar-refractivity contribution in [2.24, 2.45) is 0 Å². The molecule has 3 aliphatic rings. The molecule has 0 atom stereocenters. The van der Waals surface area contributed by atoms with E-state index in [-0.39, 0.29) is 0 Å². The average molecular weight is 353 g/mol. The largest absolute Gasteiger partial charge is 0.315 e. The molecule has 0 saturated carbocycles. The Morgan fingerprint density at radius 1 is 0.870 bits per heavy atom. The number of hydrogen-bond donors (Lipinski definition) is 0. The van der Waals surface area contributed by atoms with Crippen LogP contribution in [0.15, 0.2) is 0 Å². The first-order valence-electron chi connectivity index (χ1n) is 9.23. The van der Waals surface area contributed by atoms with Crippen molar-refractivity contribution < 1.29 is 0 Å². The van der Waals surface area contributed by atoms with Crippen LogP contribution in [0.4, 0.5) is 0 Å². The molecule has 0 unspecified atom stereocenters. The van der Waals surface area contributed by atoms with Gasteiger partial charge < -0.3 is 4.57 Å². The molecule has 0 aromatic carbocycles. The number of likely N-dealkylation sites (tertiary alicyclic amines) is 1. The lowest BCUT2D eigenvalue weighted by atomic mass is 9.95. The van der Waals surface area contributed by atoms with Crippen LogP contribution >= 0.6 is 23.5 Å². The number of rotatable bonds is 2. The quantitative estimate of drug-likeness (QED) is 0.817. The Bertz CT molecular complexity index is 503. The van der Waals surface area contributed by atoms with Crippen molar-refractivity contribution >= 4 is 23.5 Å². The van der Waals surface area contributed by atoms with Crippen molar-refractivity contribution in [1.82, 2.24) is 19.7 Å². The van der Waals surface area contributed by atoms with Gasteiger partial charge in [-0.2, -0.15) is 23.5 Å². The Morgan fingerprint density at radius 2 is 1.65 bits per heavy atom. The van der Waals surface area contributed by atoms with E-state index in [2.05, 4.69) is 43.2 Å². The predicted octanol–water partition coefficient (Wildman–Crippen LogP) is 3.03. The lowest BCUT2D eigenvalue weighted by Crippen LogP contribution is -2.43. The third-order valence-electron chi connectivity index (χ3n) is 5.54. The fourth-order valence-electron chi connectivity index (χ4n) is 4.15. The van der Waals surface area contributed by atoms with Crippen LogP contribution in [0.2, 0.25) is 0 Å². The molecular formula is C17H28N4S2. The molecule has 1 aromatic heterocycles. The summed E-state index contributed by atoms with van der Waals surface area (Å²) in [5.41, 5.74) is 0. The van der Waals surface area contributed by atoms with Gasteiger partial charge in [0.15, 0.2) is 0 Å². The van der Waals surface area contributed by atoms with Gasteiger partial charge in [0.2, 0.25) is 0 Å². The van der Waals surface area contributed by atoms with Gasteiger partial charge in [0.1, 0.15) is 11.6 Å². The summed E-state index contributed by atoms with van der Waals surface area (Å²) < 4.78 is 2.46. The van der Waals surface area contributed by atoms with Crippen LogP contribution in [0, 0.1) is 0 Å². The Kier molecular flexibility index (Phi) is 5.51. The number of thioether (sulfide) groups is 2. The van der Waals surface area contributed by atoms with Crippen molar-refractivity contribution in [3.05, 3.63) is 11.6 Å². The smallest absolute Gasteiger partial charge is 0.136 e. The van der Waals surface area contributed by atoms with Gasteiger partial charge in [-0.25, -0.2) is 0 Å². The Morgan fingerprint density at radius 3 is 2.43 bits per heavy atom. The Labute approximate surface area is 148 Å². The van der Waals surface area contributed by atoms with Gasteiger partial charge in [-0.15, -0.1) is 10.2 Å². The molecule has 2 fully saturated rings. The lowest BCUT2D eigenvalue weighted by Gasteiger charge is -2.36. The van der Waals surface area contributed by atoms with E-state index in [0.29, 0.717) is 5.92 Å². The van der Waals surface area contributed by atoms with Gasteiger partial charge in [0.25, 0.3) is 0 Å². The zero-order valence-electron chi connectivity index (χ0n) is 14.0. The molecule has 0 radical (unpaired) electrons. The summed E-state index contributed by atoms with van der Waals surface area (Å²) in [6.45, 7) is 3.64. The minimum absolute atomic E-state index is 0.636. The molecule has 0 spiro atoms. The van der Waals surface area contributed by atoms with Gasteiger partial charge in [0.05, 0.1) is 0 Å². The number of aromatic nitrogens is 3. The van der Waals surface area contributed by atoms with Gasteiger partial charge in [-0.1, -0.05) is 6.42 Å². The van der Waals surface area contributed by atoms with Crippen LogP contribution in [-0.4, -0.2) is 61.8 Å². The fourth-order valence-corrected chi connectivity index (χ4v) is 6.77. The first-order valence-corrected chi connectivity index (χ1v) is 11.5. The number of fused-ring (bicyclic) bond motifs is 1. The van der Waals surface area contributed by atoms with Crippen LogP contribution < -0.4 is 0 Å². The third kappa shape index (κ3) is 3.74. The number of aryl methyl sites for hydroxylation is 1. The summed E-state index contributed by atoms with van der Waals surface area (Å²) >= 11 is 4.30. The summed E-state index contributed by atoms with van der Waals surface area (Å²) in [6, 6.07) is 0.795. The lowest BCUT2D eigenvalue weighted by molar-refractivity contribution is 0.173. The molecule has 0 bridgehead atoms. The molecule has 4 rings (SSSR count). The number of hydrogen-bond acceptors (Lipinski definition) is 5. The average Bonchev–Trinajstić information content (AvgIpc) is 2.80. The molecule has 0 N–H and O–H groups in total. The highest BCUT2D eigenvalue weighted by molar-refractivity contribution is 8.03. The van der Waals surface area contributed by atoms with Gasteiger partial charge in [-0.3, -0.25) is 4.90 Å². The summed E-state index contributed by atoms with van der Waals surface area (Å²) in [7, 11) is 0. The summed E-state index contributed by atoms with van der Waals surface area (Å²) in [6.07, 6.45) is 7.59. The molecule has 0 aliphatic carbocycles. The van der Waals surface area contributed by atoms with E-state index in [4.69, 9.17) is 0 Å². The highest BCUT2D eigenvalue weighted by Gasteiger charge is 2.30. The molecular weight excluding hydrogens is 324 g/mol. The zero-order chi connectivity index (χ0) is 15.5. The zero-order valence-corrected chi connectivity index (χ0v) is 15.6. The molecule has 6 heteroatoms. The highest BCUT2D eigenvalue weighted by Crippen LogP contribution is 2.31. The second-order valence-electron chi connectivity index (χ2n) is 7.05.